The van der Waals surface area contributed by atoms with Crippen LogP contribution in [0.2, 0.25) is 0 Å². The Labute approximate surface area is 45.7 Å². The van der Waals surface area contributed by atoms with E-state index in [1.807, 2.05) is 13.3 Å². The van der Waals surface area contributed by atoms with Crippen LogP contribution >= 0.6 is 0 Å². The summed E-state index contributed by atoms with van der Waals surface area (Å²) in [6.07, 6.45) is 2.97. The fraction of sp³-hybridized carbons (Fsp3) is 0.667. The van der Waals surface area contributed by atoms with Crippen molar-refractivity contribution in [2.24, 2.45) is 0 Å². The molecular weight excluding hydrogens is 88.1 g/mol. The smallest absolute Gasteiger partial charge is 0.0907 e. The predicted octanol–water partition coefficient (Wildman–Crippen LogP) is 1.80. The average molecular weight is 100 g/mol. The molecule has 0 bridgehead atoms. The summed E-state index contributed by atoms with van der Waals surface area (Å²) >= 11 is 0. The van der Waals surface area contributed by atoms with Crippen LogP contribution in [0.15, 0.2) is 0 Å². The Balaban J connectivity index is 2.45. The summed E-state index contributed by atoms with van der Waals surface area (Å²) in [6, 6.07) is 0. The van der Waals surface area contributed by atoms with Gasteiger partial charge < -0.3 is 11.2 Å². The molecule has 0 aromatic rings. The minimum atomic E-state index is 0.744. The van der Waals surface area contributed by atoms with Gasteiger partial charge in [0.1, 0.15) is 0 Å². The molecule has 0 aliphatic rings. The van der Waals surface area contributed by atoms with Gasteiger partial charge in [-0.25, -0.2) is 6.61 Å². The van der Waals surface area contributed by atoms with Crippen molar-refractivity contribution in [1.29, 1.82) is 0 Å². The van der Waals surface area contributed by atoms with E-state index in [1.54, 1.807) is 6.61 Å². The molecule has 0 atom stereocenters. The van der Waals surface area contributed by atoms with Gasteiger partial charge in [-0.15, -0.1) is 6.61 Å². The van der Waals surface area contributed by atoms with E-state index in [0.29, 0.717) is 0 Å². The van der Waals surface area contributed by atoms with E-state index in [4.69, 9.17) is 4.74 Å². The summed E-state index contributed by atoms with van der Waals surface area (Å²) in [5.41, 5.74) is 0. The van der Waals surface area contributed by atoms with Crippen molar-refractivity contribution < 1.29 is 4.74 Å². The van der Waals surface area contributed by atoms with Crippen molar-refractivity contribution in [2.45, 2.75) is 20.3 Å². The normalized spacial score (nSPS) is 9.43. The van der Waals surface area contributed by atoms with Gasteiger partial charge in [-0.1, -0.05) is 6.92 Å². The second-order valence-electron chi connectivity index (χ2n) is 1.32. The van der Waals surface area contributed by atoms with E-state index in [-0.39, 0.29) is 0 Å². The molecule has 0 rings (SSSR count). The molecule has 0 fully saturated rings. The lowest BCUT2D eigenvalue weighted by molar-refractivity contribution is 0.218. The molecular formula is C6H12O-2. The first-order chi connectivity index (χ1) is 3.41. The lowest BCUT2D eigenvalue weighted by Gasteiger charge is -2.15. The van der Waals surface area contributed by atoms with E-state index in [9.17, 15) is 0 Å². The van der Waals surface area contributed by atoms with Crippen LogP contribution in [0.1, 0.15) is 20.3 Å². The maximum absolute atomic E-state index is 4.95. The Morgan fingerprint density at radius 3 is 2.71 bits per heavy atom. The number of ether oxygens (including phenoxy) is 1. The number of hydrogen-bond donors (Lipinski definition) is 0. The van der Waals surface area contributed by atoms with E-state index < -0.39 is 0 Å². The molecule has 1 nitrogen and oxygen atoms in total. The topological polar surface area (TPSA) is 9.23 Å². The summed E-state index contributed by atoms with van der Waals surface area (Å²) in [4.78, 5) is 0. The van der Waals surface area contributed by atoms with Crippen molar-refractivity contribution in [2.75, 3.05) is 6.61 Å². The second kappa shape index (κ2) is 5.96. The molecule has 0 aromatic heterocycles. The van der Waals surface area contributed by atoms with Crippen molar-refractivity contribution in [3.8, 4) is 0 Å². The highest BCUT2D eigenvalue weighted by Crippen LogP contribution is 1.86. The molecule has 0 aliphatic carbocycles. The lowest BCUT2D eigenvalue weighted by Crippen LogP contribution is -1.87. The fourth-order valence-corrected chi connectivity index (χ4v) is 0.282. The van der Waals surface area contributed by atoms with Gasteiger partial charge in [-0.05, 0) is 0 Å². The van der Waals surface area contributed by atoms with Crippen LogP contribution in [0.3, 0.4) is 0 Å². The lowest BCUT2D eigenvalue weighted by atomic mass is 10.5. The van der Waals surface area contributed by atoms with Crippen LogP contribution in [-0.2, 0) is 4.74 Å². The Morgan fingerprint density at radius 1 is 1.57 bits per heavy atom. The highest BCUT2D eigenvalue weighted by molar-refractivity contribution is 4.54. The van der Waals surface area contributed by atoms with Crippen LogP contribution in [0.5, 0.6) is 0 Å². The third-order valence-electron chi connectivity index (χ3n) is 0.547. The Bertz CT molecular complexity index is 23.4. The second-order valence-corrected chi connectivity index (χ2v) is 1.32. The third-order valence-corrected chi connectivity index (χ3v) is 0.547. The van der Waals surface area contributed by atoms with Gasteiger partial charge in [0, 0.05) is 0 Å². The Morgan fingerprint density at radius 2 is 2.29 bits per heavy atom. The minimum absolute atomic E-state index is 0.744. The molecule has 1 heteroatoms. The summed E-state index contributed by atoms with van der Waals surface area (Å²) in [5, 5.41) is 0. The molecule has 0 aromatic carbocycles. The van der Waals surface area contributed by atoms with Gasteiger partial charge in [0.2, 0.25) is 0 Å². The summed E-state index contributed by atoms with van der Waals surface area (Å²) in [6.45, 7) is 6.58. The molecule has 0 spiro atoms. The zero-order valence-corrected chi connectivity index (χ0v) is 4.98. The van der Waals surface area contributed by atoms with E-state index in [0.717, 1.165) is 13.0 Å². The molecule has 0 amide bonds. The maximum Gasteiger partial charge on any atom is -0.0907 e. The van der Waals surface area contributed by atoms with E-state index >= 15 is 0 Å². The fourth-order valence-electron chi connectivity index (χ4n) is 0.282. The van der Waals surface area contributed by atoms with Crippen molar-refractivity contribution in [1.82, 2.24) is 0 Å². The van der Waals surface area contributed by atoms with Gasteiger partial charge in [0.25, 0.3) is 0 Å². The molecule has 0 saturated carbocycles. The molecule has 0 radical (unpaired) electrons. The van der Waals surface area contributed by atoms with Crippen molar-refractivity contribution in [3.63, 3.8) is 0 Å². The Hall–Kier alpha value is -0.0400. The molecule has 7 heavy (non-hydrogen) atoms. The van der Waals surface area contributed by atoms with Crippen LogP contribution in [0.4, 0.5) is 0 Å². The quantitative estimate of drug-likeness (QED) is 0.386. The monoisotopic (exact) mass is 100 g/mol. The van der Waals surface area contributed by atoms with Gasteiger partial charge in [-0.3, -0.25) is 0 Å². The zero-order chi connectivity index (χ0) is 5.54. The van der Waals surface area contributed by atoms with E-state index in [2.05, 4.69) is 6.92 Å². The first-order valence-corrected chi connectivity index (χ1v) is 2.63. The first-order valence-electron chi connectivity index (χ1n) is 2.63. The average Bonchev–Trinajstić information content (AvgIpc) is 1.69. The molecule has 0 aliphatic heterocycles. The first kappa shape index (κ1) is 6.96. The molecule has 44 valence electrons. The maximum atomic E-state index is 4.95. The van der Waals surface area contributed by atoms with Gasteiger partial charge in [0.05, 0.1) is 0 Å². The Kier molecular flexibility index (Phi) is 5.93. The number of hydrogen-bond acceptors (Lipinski definition) is 1. The number of rotatable bonds is 4. The van der Waals surface area contributed by atoms with Gasteiger partial charge in [0.15, 0.2) is 0 Å². The standard InChI is InChI=1S/C6H12O/c1-3-5-7-6-4-2/h3,6H,4-5H2,1-2H3/q-2. The minimum Gasteiger partial charge on any atom is -0.578 e. The zero-order valence-electron chi connectivity index (χ0n) is 4.98. The van der Waals surface area contributed by atoms with Crippen molar-refractivity contribution in [3.05, 3.63) is 13.0 Å². The molecule has 0 saturated heterocycles. The molecule has 0 N–H and O–H groups in total. The molecule has 0 heterocycles. The SMILES string of the molecule is C[CH-]CO[CH-]CC. The van der Waals surface area contributed by atoms with Gasteiger partial charge >= 0.3 is 0 Å². The van der Waals surface area contributed by atoms with Crippen molar-refractivity contribution >= 4 is 0 Å². The summed E-state index contributed by atoms with van der Waals surface area (Å²) < 4.78 is 4.95. The summed E-state index contributed by atoms with van der Waals surface area (Å²) in [5.74, 6) is 0. The van der Waals surface area contributed by atoms with Crippen LogP contribution in [-0.4, -0.2) is 6.61 Å². The van der Waals surface area contributed by atoms with Crippen LogP contribution < -0.4 is 0 Å². The van der Waals surface area contributed by atoms with Crippen LogP contribution in [0, 0.1) is 13.0 Å². The van der Waals surface area contributed by atoms with E-state index in [1.165, 1.54) is 0 Å². The summed E-state index contributed by atoms with van der Waals surface area (Å²) in [7, 11) is 0. The highest BCUT2D eigenvalue weighted by Gasteiger charge is 1.58. The van der Waals surface area contributed by atoms with Gasteiger partial charge in [-0.2, -0.15) is 13.3 Å². The third kappa shape index (κ3) is 5.96. The predicted molar refractivity (Wildman–Crippen MR) is 30.5 cm³/mol. The van der Waals surface area contributed by atoms with Crippen LogP contribution in [0.25, 0.3) is 0 Å². The largest absolute Gasteiger partial charge is 0.578 e. The highest BCUT2D eigenvalue weighted by atomic mass is 16.5. The molecule has 0 unspecified atom stereocenters.